The van der Waals surface area contributed by atoms with Crippen molar-refractivity contribution in [3.05, 3.63) is 61.1 Å². The number of para-hydroxylation sites is 1. The van der Waals surface area contributed by atoms with Crippen LogP contribution in [0.2, 0.25) is 0 Å². The van der Waals surface area contributed by atoms with Crippen LogP contribution in [-0.2, 0) is 0 Å². The highest BCUT2D eigenvalue weighted by Gasteiger charge is 2.04. The largest absolute Gasteiger partial charge is 0.264 e. The summed E-state index contributed by atoms with van der Waals surface area (Å²) in [5, 5.41) is 8.24. The SMILES string of the molecule is c1ccc(-n2cc(-c3cccnc3)nn2)cc1. The predicted octanol–water partition coefficient (Wildman–Crippen LogP) is 2.33. The van der Waals surface area contributed by atoms with Crippen LogP contribution in [0.25, 0.3) is 16.9 Å². The van der Waals surface area contributed by atoms with Crippen LogP contribution in [0.5, 0.6) is 0 Å². The van der Waals surface area contributed by atoms with Crippen molar-refractivity contribution in [2.45, 2.75) is 0 Å². The highest BCUT2D eigenvalue weighted by molar-refractivity contribution is 5.56. The Morgan fingerprint density at radius 2 is 1.82 bits per heavy atom. The van der Waals surface area contributed by atoms with Gasteiger partial charge in [0.2, 0.25) is 0 Å². The van der Waals surface area contributed by atoms with Crippen molar-refractivity contribution in [2.75, 3.05) is 0 Å². The minimum atomic E-state index is 0.821. The highest BCUT2D eigenvalue weighted by Crippen LogP contribution is 2.15. The van der Waals surface area contributed by atoms with Gasteiger partial charge in [-0.2, -0.15) is 0 Å². The second kappa shape index (κ2) is 4.17. The van der Waals surface area contributed by atoms with Crippen LogP contribution in [0.15, 0.2) is 61.1 Å². The average Bonchev–Trinajstić information content (AvgIpc) is 2.90. The Morgan fingerprint density at radius 3 is 2.59 bits per heavy atom. The van der Waals surface area contributed by atoms with E-state index in [-0.39, 0.29) is 0 Å². The molecule has 0 bridgehead atoms. The first-order valence-electron chi connectivity index (χ1n) is 5.32. The average molecular weight is 222 g/mol. The van der Waals surface area contributed by atoms with Crippen LogP contribution in [0, 0.1) is 0 Å². The van der Waals surface area contributed by atoms with Crippen LogP contribution in [0.3, 0.4) is 0 Å². The summed E-state index contributed by atoms with van der Waals surface area (Å²) in [4.78, 5) is 4.07. The number of benzene rings is 1. The van der Waals surface area contributed by atoms with Crippen molar-refractivity contribution < 1.29 is 0 Å². The van der Waals surface area contributed by atoms with Gasteiger partial charge in [0.25, 0.3) is 0 Å². The van der Waals surface area contributed by atoms with Gasteiger partial charge < -0.3 is 0 Å². The first kappa shape index (κ1) is 9.72. The van der Waals surface area contributed by atoms with Crippen LogP contribution >= 0.6 is 0 Å². The summed E-state index contributed by atoms with van der Waals surface area (Å²) < 4.78 is 1.75. The van der Waals surface area contributed by atoms with Gasteiger partial charge in [0.1, 0.15) is 5.69 Å². The molecule has 17 heavy (non-hydrogen) atoms. The zero-order valence-corrected chi connectivity index (χ0v) is 9.06. The molecule has 0 aliphatic rings. The Hall–Kier alpha value is -2.49. The summed E-state index contributed by atoms with van der Waals surface area (Å²) in [5.74, 6) is 0. The number of hydrogen-bond acceptors (Lipinski definition) is 3. The second-order valence-corrected chi connectivity index (χ2v) is 3.63. The molecule has 0 amide bonds. The molecule has 0 unspecified atom stereocenters. The third kappa shape index (κ3) is 1.92. The normalized spacial score (nSPS) is 10.4. The molecule has 4 heteroatoms. The second-order valence-electron chi connectivity index (χ2n) is 3.63. The Balaban J connectivity index is 1.99. The summed E-state index contributed by atoms with van der Waals surface area (Å²) in [7, 11) is 0. The van der Waals surface area contributed by atoms with Gasteiger partial charge in [-0.25, -0.2) is 4.68 Å². The fourth-order valence-electron chi connectivity index (χ4n) is 1.62. The van der Waals surface area contributed by atoms with E-state index >= 15 is 0 Å². The third-order valence-corrected chi connectivity index (χ3v) is 2.47. The van der Waals surface area contributed by atoms with Crippen LogP contribution in [0.4, 0.5) is 0 Å². The molecule has 0 N–H and O–H groups in total. The molecular weight excluding hydrogens is 212 g/mol. The standard InChI is InChI=1S/C13H10N4/c1-2-6-12(7-3-1)17-10-13(15-16-17)11-5-4-8-14-9-11/h1-10H. The molecule has 0 aliphatic heterocycles. The lowest BCUT2D eigenvalue weighted by Gasteiger charge is -1.97. The Morgan fingerprint density at radius 1 is 0.941 bits per heavy atom. The molecular formula is C13H10N4. The number of hydrogen-bond donors (Lipinski definition) is 0. The van der Waals surface area contributed by atoms with Crippen molar-refractivity contribution in [3.8, 4) is 16.9 Å². The Bertz CT molecular complexity index is 548. The summed E-state index contributed by atoms with van der Waals surface area (Å²) >= 11 is 0. The van der Waals surface area contributed by atoms with Crippen molar-refractivity contribution >= 4 is 0 Å². The summed E-state index contributed by atoms with van der Waals surface area (Å²) in [6, 6.07) is 13.7. The molecule has 0 radical (unpaired) electrons. The predicted molar refractivity (Wildman–Crippen MR) is 64.6 cm³/mol. The maximum absolute atomic E-state index is 4.14. The molecule has 2 aromatic heterocycles. The summed E-state index contributed by atoms with van der Waals surface area (Å²) in [5.41, 5.74) is 2.78. The minimum Gasteiger partial charge on any atom is -0.264 e. The molecule has 2 heterocycles. The molecule has 0 saturated heterocycles. The molecule has 0 spiro atoms. The molecule has 1 aromatic carbocycles. The van der Waals surface area contributed by atoms with Gasteiger partial charge in [-0.1, -0.05) is 23.4 Å². The zero-order chi connectivity index (χ0) is 11.5. The molecule has 0 aliphatic carbocycles. The molecule has 82 valence electrons. The first-order valence-corrected chi connectivity index (χ1v) is 5.32. The monoisotopic (exact) mass is 222 g/mol. The smallest absolute Gasteiger partial charge is 0.115 e. The molecule has 0 fully saturated rings. The van der Waals surface area contributed by atoms with Crippen LogP contribution < -0.4 is 0 Å². The van der Waals surface area contributed by atoms with E-state index in [1.54, 1.807) is 17.1 Å². The Kier molecular flexibility index (Phi) is 2.38. The van der Waals surface area contributed by atoms with Gasteiger partial charge in [0.05, 0.1) is 11.9 Å². The number of pyridine rings is 1. The van der Waals surface area contributed by atoms with Gasteiger partial charge >= 0.3 is 0 Å². The van der Waals surface area contributed by atoms with Crippen LogP contribution in [-0.4, -0.2) is 20.0 Å². The van der Waals surface area contributed by atoms with Gasteiger partial charge in [-0.15, -0.1) is 5.10 Å². The summed E-state index contributed by atoms with van der Waals surface area (Å²) in [6.45, 7) is 0. The lowest BCUT2D eigenvalue weighted by Crippen LogP contribution is -1.93. The van der Waals surface area contributed by atoms with E-state index < -0.39 is 0 Å². The van der Waals surface area contributed by atoms with Gasteiger partial charge in [-0.05, 0) is 24.3 Å². The minimum absolute atomic E-state index is 0.821. The first-order chi connectivity index (χ1) is 8.43. The topological polar surface area (TPSA) is 43.6 Å². The maximum atomic E-state index is 4.14. The number of aromatic nitrogens is 4. The zero-order valence-electron chi connectivity index (χ0n) is 9.06. The maximum Gasteiger partial charge on any atom is 0.115 e. The van der Waals surface area contributed by atoms with Crippen molar-refractivity contribution in [3.63, 3.8) is 0 Å². The number of rotatable bonds is 2. The van der Waals surface area contributed by atoms with E-state index in [0.717, 1.165) is 16.9 Å². The fraction of sp³-hybridized carbons (Fsp3) is 0. The highest BCUT2D eigenvalue weighted by atomic mass is 15.4. The van der Waals surface area contributed by atoms with E-state index in [1.165, 1.54) is 0 Å². The third-order valence-electron chi connectivity index (χ3n) is 2.47. The van der Waals surface area contributed by atoms with Crippen molar-refractivity contribution in [1.29, 1.82) is 0 Å². The molecule has 0 atom stereocenters. The quantitative estimate of drug-likeness (QED) is 0.668. The molecule has 3 rings (SSSR count). The lowest BCUT2D eigenvalue weighted by atomic mass is 10.2. The fourth-order valence-corrected chi connectivity index (χ4v) is 1.62. The van der Waals surface area contributed by atoms with Crippen molar-refractivity contribution in [2.24, 2.45) is 0 Å². The summed E-state index contributed by atoms with van der Waals surface area (Å²) in [6.07, 6.45) is 5.41. The molecule has 3 aromatic rings. The van der Waals surface area contributed by atoms with E-state index in [4.69, 9.17) is 0 Å². The van der Waals surface area contributed by atoms with E-state index in [9.17, 15) is 0 Å². The molecule has 0 saturated carbocycles. The Labute approximate surface area is 98.6 Å². The van der Waals surface area contributed by atoms with E-state index in [0.29, 0.717) is 0 Å². The van der Waals surface area contributed by atoms with Crippen LogP contribution in [0.1, 0.15) is 0 Å². The van der Waals surface area contributed by atoms with Gasteiger partial charge in [-0.3, -0.25) is 4.98 Å². The van der Waals surface area contributed by atoms with E-state index in [1.807, 2.05) is 48.7 Å². The number of nitrogens with zero attached hydrogens (tertiary/aromatic N) is 4. The lowest BCUT2D eigenvalue weighted by molar-refractivity contribution is 0.804. The molecule has 4 nitrogen and oxygen atoms in total. The van der Waals surface area contributed by atoms with Gasteiger partial charge in [0.15, 0.2) is 0 Å². The van der Waals surface area contributed by atoms with Crippen molar-refractivity contribution in [1.82, 2.24) is 20.0 Å². The van der Waals surface area contributed by atoms with Gasteiger partial charge in [0, 0.05) is 18.0 Å². The van der Waals surface area contributed by atoms with E-state index in [2.05, 4.69) is 15.3 Å².